The van der Waals surface area contributed by atoms with E-state index in [0.29, 0.717) is 6.42 Å². The van der Waals surface area contributed by atoms with Crippen LogP contribution in [0.15, 0.2) is 24.3 Å². The predicted molar refractivity (Wildman–Crippen MR) is 100 cm³/mol. The van der Waals surface area contributed by atoms with Crippen molar-refractivity contribution in [3.63, 3.8) is 0 Å². The standard InChI is InChI=1S/C20H30N2O3/c1-16-15-22(12-13-25-16)18-8-6-17(7-9-18)21-19(23)14-20(24-2)10-4-3-5-11-20/h6-9,16H,3-5,10-15H2,1-2H3,(H,21,23). The Kier molecular flexibility index (Phi) is 5.97. The summed E-state index contributed by atoms with van der Waals surface area (Å²) in [4.78, 5) is 14.8. The monoisotopic (exact) mass is 346 g/mol. The van der Waals surface area contributed by atoms with Crippen molar-refractivity contribution in [1.82, 2.24) is 0 Å². The molecule has 1 saturated heterocycles. The van der Waals surface area contributed by atoms with Crippen molar-refractivity contribution >= 4 is 17.3 Å². The molecule has 0 radical (unpaired) electrons. The van der Waals surface area contributed by atoms with Crippen molar-refractivity contribution in [3.05, 3.63) is 24.3 Å². The minimum Gasteiger partial charge on any atom is -0.378 e. The van der Waals surface area contributed by atoms with Crippen LogP contribution in [0, 0.1) is 0 Å². The van der Waals surface area contributed by atoms with Crippen LogP contribution in [0.3, 0.4) is 0 Å². The lowest BCUT2D eigenvalue weighted by Gasteiger charge is -2.35. The number of rotatable bonds is 5. The molecule has 1 aromatic rings. The first-order valence-corrected chi connectivity index (χ1v) is 9.42. The summed E-state index contributed by atoms with van der Waals surface area (Å²) >= 11 is 0. The number of hydrogen-bond donors (Lipinski definition) is 1. The highest BCUT2D eigenvalue weighted by molar-refractivity contribution is 5.91. The second-order valence-electron chi connectivity index (χ2n) is 7.35. The van der Waals surface area contributed by atoms with Gasteiger partial charge in [-0.1, -0.05) is 19.3 Å². The summed E-state index contributed by atoms with van der Waals surface area (Å²) in [6, 6.07) is 8.10. The number of hydrogen-bond acceptors (Lipinski definition) is 4. The van der Waals surface area contributed by atoms with Crippen molar-refractivity contribution in [3.8, 4) is 0 Å². The van der Waals surface area contributed by atoms with E-state index in [0.717, 1.165) is 51.1 Å². The number of morpholine rings is 1. The van der Waals surface area contributed by atoms with Gasteiger partial charge in [-0.25, -0.2) is 0 Å². The van der Waals surface area contributed by atoms with Crippen LogP contribution in [-0.2, 0) is 14.3 Å². The Labute approximate surface area is 150 Å². The maximum absolute atomic E-state index is 12.5. The highest BCUT2D eigenvalue weighted by atomic mass is 16.5. The van der Waals surface area contributed by atoms with Crippen molar-refractivity contribution in [2.45, 2.75) is 57.2 Å². The molecule has 2 aliphatic rings. The molecule has 0 bridgehead atoms. The van der Waals surface area contributed by atoms with Gasteiger partial charge in [0.25, 0.3) is 0 Å². The number of ether oxygens (including phenoxy) is 2. The topological polar surface area (TPSA) is 50.8 Å². The summed E-state index contributed by atoms with van der Waals surface area (Å²) in [7, 11) is 1.73. The van der Waals surface area contributed by atoms with Crippen molar-refractivity contribution in [2.75, 3.05) is 37.0 Å². The second-order valence-corrected chi connectivity index (χ2v) is 7.35. The largest absolute Gasteiger partial charge is 0.378 e. The van der Waals surface area contributed by atoms with E-state index in [4.69, 9.17) is 9.47 Å². The molecular weight excluding hydrogens is 316 g/mol. The summed E-state index contributed by atoms with van der Waals surface area (Å²) in [6.07, 6.45) is 6.19. The van der Waals surface area contributed by atoms with Gasteiger partial charge in [0, 0.05) is 31.6 Å². The first-order chi connectivity index (χ1) is 12.1. The summed E-state index contributed by atoms with van der Waals surface area (Å²) in [5.74, 6) is 0.0384. The molecule has 5 nitrogen and oxygen atoms in total. The summed E-state index contributed by atoms with van der Waals surface area (Å²) < 4.78 is 11.3. The summed E-state index contributed by atoms with van der Waals surface area (Å²) in [5.41, 5.74) is 1.75. The number of benzene rings is 1. The van der Waals surface area contributed by atoms with E-state index in [1.54, 1.807) is 7.11 Å². The lowest BCUT2D eigenvalue weighted by Crippen LogP contribution is -2.41. The summed E-state index contributed by atoms with van der Waals surface area (Å²) in [5, 5.41) is 3.03. The van der Waals surface area contributed by atoms with Gasteiger partial charge >= 0.3 is 0 Å². The molecule has 5 heteroatoms. The molecule has 1 atom stereocenters. The van der Waals surface area contributed by atoms with Gasteiger partial charge in [0.05, 0.1) is 24.7 Å². The van der Waals surface area contributed by atoms with Crippen LogP contribution in [0.1, 0.15) is 45.4 Å². The Morgan fingerprint density at radius 2 is 2.00 bits per heavy atom. The number of nitrogens with zero attached hydrogens (tertiary/aromatic N) is 1. The molecule has 2 fully saturated rings. The van der Waals surface area contributed by atoms with E-state index in [2.05, 4.69) is 29.3 Å². The Hall–Kier alpha value is -1.59. The van der Waals surface area contributed by atoms with Crippen LogP contribution in [0.2, 0.25) is 0 Å². The van der Waals surface area contributed by atoms with Gasteiger partial charge in [-0.15, -0.1) is 0 Å². The first-order valence-electron chi connectivity index (χ1n) is 9.42. The fourth-order valence-corrected chi connectivity index (χ4v) is 3.96. The number of amides is 1. The molecule has 1 saturated carbocycles. The summed E-state index contributed by atoms with van der Waals surface area (Å²) in [6.45, 7) is 4.67. The van der Waals surface area contributed by atoms with Crippen LogP contribution in [0.25, 0.3) is 0 Å². The van der Waals surface area contributed by atoms with Crippen LogP contribution in [0.5, 0.6) is 0 Å². The molecule has 1 heterocycles. The van der Waals surface area contributed by atoms with Crippen LogP contribution in [-0.4, -0.2) is 44.4 Å². The quantitative estimate of drug-likeness (QED) is 0.885. The number of carbonyl (C=O) groups is 1. The molecule has 1 aliphatic heterocycles. The molecule has 0 aromatic heterocycles. The molecule has 0 spiro atoms. The van der Waals surface area contributed by atoms with Gasteiger partial charge in [0.2, 0.25) is 5.91 Å². The van der Waals surface area contributed by atoms with Crippen LogP contribution in [0.4, 0.5) is 11.4 Å². The van der Waals surface area contributed by atoms with Gasteiger partial charge in [-0.05, 0) is 44.0 Å². The SMILES string of the molecule is COC1(CC(=O)Nc2ccc(N3CCOC(C)C3)cc2)CCCCC1. The lowest BCUT2D eigenvalue weighted by atomic mass is 9.82. The third-order valence-electron chi connectivity index (χ3n) is 5.44. The Morgan fingerprint density at radius 1 is 1.28 bits per heavy atom. The first kappa shape index (κ1) is 18.2. The average molecular weight is 346 g/mol. The molecule has 1 aromatic carbocycles. The second kappa shape index (κ2) is 8.19. The smallest absolute Gasteiger partial charge is 0.227 e. The third kappa shape index (κ3) is 4.73. The predicted octanol–water partition coefficient (Wildman–Crippen LogP) is 3.59. The molecule has 1 amide bonds. The Morgan fingerprint density at radius 3 is 2.64 bits per heavy atom. The minimum atomic E-state index is -0.272. The fourth-order valence-electron chi connectivity index (χ4n) is 3.96. The van der Waals surface area contributed by atoms with E-state index in [1.807, 2.05) is 12.1 Å². The highest BCUT2D eigenvalue weighted by Gasteiger charge is 2.34. The minimum absolute atomic E-state index is 0.0384. The molecule has 1 aliphatic carbocycles. The van der Waals surface area contributed by atoms with Gasteiger partial charge in [0.1, 0.15) is 0 Å². The van der Waals surface area contributed by atoms with E-state index < -0.39 is 0 Å². The van der Waals surface area contributed by atoms with Gasteiger partial charge < -0.3 is 19.7 Å². The van der Waals surface area contributed by atoms with Gasteiger partial charge in [-0.2, -0.15) is 0 Å². The van der Waals surface area contributed by atoms with Crippen LogP contribution < -0.4 is 10.2 Å². The van der Waals surface area contributed by atoms with Crippen molar-refractivity contribution in [1.29, 1.82) is 0 Å². The van der Waals surface area contributed by atoms with Gasteiger partial charge in [0.15, 0.2) is 0 Å². The molecular formula is C20H30N2O3. The van der Waals surface area contributed by atoms with Crippen molar-refractivity contribution < 1.29 is 14.3 Å². The van der Waals surface area contributed by atoms with Crippen LogP contribution >= 0.6 is 0 Å². The molecule has 138 valence electrons. The van der Waals surface area contributed by atoms with E-state index in [1.165, 1.54) is 12.1 Å². The molecule has 1 unspecified atom stereocenters. The maximum Gasteiger partial charge on any atom is 0.227 e. The van der Waals surface area contributed by atoms with E-state index in [-0.39, 0.29) is 17.6 Å². The lowest BCUT2D eigenvalue weighted by molar-refractivity contribution is -0.124. The number of methoxy groups -OCH3 is 1. The zero-order valence-electron chi connectivity index (χ0n) is 15.4. The average Bonchev–Trinajstić information content (AvgIpc) is 2.63. The van der Waals surface area contributed by atoms with E-state index >= 15 is 0 Å². The number of nitrogens with one attached hydrogen (secondary N) is 1. The highest BCUT2D eigenvalue weighted by Crippen LogP contribution is 2.34. The molecule has 1 N–H and O–H groups in total. The fraction of sp³-hybridized carbons (Fsp3) is 0.650. The maximum atomic E-state index is 12.5. The van der Waals surface area contributed by atoms with Crippen molar-refractivity contribution in [2.24, 2.45) is 0 Å². The Bertz CT molecular complexity index is 567. The molecule has 3 rings (SSSR count). The number of anilines is 2. The normalized spacial score (nSPS) is 23.3. The zero-order chi connectivity index (χ0) is 17.7. The molecule has 25 heavy (non-hydrogen) atoms. The zero-order valence-corrected chi connectivity index (χ0v) is 15.4. The number of carbonyl (C=O) groups excluding carboxylic acids is 1. The van der Waals surface area contributed by atoms with E-state index in [9.17, 15) is 4.79 Å². The van der Waals surface area contributed by atoms with Gasteiger partial charge in [-0.3, -0.25) is 4.79 Å². The Balaban J connectivity index is 1.56. The third-order valence-corrected chi connectivity index (χ3v) is 5.44.